The van der Waals surface area contributed by atoms with Gasteiger partial charge in [-0.1, -0.05) is 48.5 Å². The van der Waals surface area contributed by atoms with Crippen LogP contribution in [-0.4, -0.2) is 36.0 Å². The Morgan fingerprint density at radius 3 is 2.10 bits per heavy atom. The summed E-state index contributed by atoms with van der Waals surface area (Å²) >= 11 is 0. The van der Waals surface area contributed by atoms with Gasteiger partial charge in [-0.25, -0.2) is 4.79 Å². The molecule has 0 bridgehead atoms. The molecule has 1 atom stereocenters. The Morgan fingerprint density at radius 1 is 1.03 bits per heavy atom. The van der Waals surface area contributed by atoms with Crippen molar-refractivity contribution >= 4 is 12.1 Å². The number of nitrogens with one attached hydrogen (secondary N) is 1. The highest BCUT2D eigenvalue weighted by Gasteiger charge is 2.41. The number of carbonyl (C=O) groups is 2. The molecule has 1 aliphatic carbocycles. The topological polar surface area (TPSA) is 75.6 Å². The Labute approximate surface area is 165 Å². The van der Waals surface area contributed by atoms with Crippen molar-refractivity contribution in [2.24, 2.45) is 0 Å². The van der Waals surface area contributed by atoms with Crippen molar-refractivity contribution in [3.05, 3.63) is 59.7 Å². The first-order chi connectivity index (χ1) is 13.8. The van der Waals surface area contributed by atoms with Crippen LogP contribution in [0.1, 0.15) is 36.3 Å². The number of ether oxygens (including phenoxy) is 1. The lowest BCUT2D eigenvalue weighted by atomic mass is 9.98. The second-order valence-corrected chi connectivity index (χ2v) is 6.85. The maximum absolute atomic E-state index is 13.1. The van der Waals surface area contributed by atoms with E-state index in [9.17, 15) is 22.8 Å². The van der Waals surface area contributed by atoms with Crippen LogP contribution in [0.4, 0.5) is 18.0 Å². The smallest absolute Gasteiger partial charge is 0.408 e. The summed E-state index contributed by atoms with van der Waals surface area (Å²) in [6.45, 7) is -0.0977. The highest BCUT2D eigenvalue weighted by molar-refractivity contribution is 5.79. The number of aliphatic carboxylic acids is 1. The van der Waals surface area contributed by atoms with Gasteiger partial charge in [-0.2, -0.15) is 13.2 Å². The molecule has 0 heterocycles. The third-order valence-electron chi connectivity index (χ3n) is 4.91. The lowest BCUT2D eigenvalue weighted by molar-refractivity contribution is -0.157. The molecule has 8 heteroatoms. The van der Waals surface area contributed by atoms with Crippen molar-refractivity contribution in [3.63, 3.8) is 0 Å². The summed E-state index contributed by atoms with van der Waals surface area (Å²) in [6.07, 6.45) is -7.00. The van der Waals surface area contributed by atoms with Crippen LogP contribution in [-0.2, 0) is 9.53 Å². The number of halogens is 3. The number of alkyl carbamates (subject to hydrolysis) is 1. The largest absolute Gasteiger partial charge is 0.481 e. The molecule has 2 aromatic rings. The molecule has 154 valence electrons. The average Bonchev–Trinajstić information content (AvgIpc) is 2.98. The number of amides is 1. The molecule has 0 spiro atoms. The molecule has 1 unspecified atom stereocenters. The molecule has 1 aliphatic rings. The lowest BCUT2D eigenvalue weighted by Gasteiger charge is -2.22. The fourth-order valence-corrected chi connectivity index (χ4v) is 3.56. The number of rotatable bonds is 7. The van der Waals surface area contributed by atoms with Crippen molar-refractivity contribution in [3.8, 4) is 11.1 Å². The zero-order valence-electron chi connectivity index (χ0n) is 15.4. The van der Waals surface area contributed by atoms with Crippen molar-refractivity contribution in [1.82, 2.24) is 5.32 Å². The Bertz CT molecular complexity index is 852. The molecule has 0 aromatic heterocycles. The third kappa shape index (κ3) is 4.88. The summed E-state index contributed by atoms with van der Waals surface area (Å²) in [5, 5.41) is 10.4. The van der Waals surface area contributed by atoms with Gasteiger partial charge in [0, 0.05) is 12.3 Å². The Morgan fingerprint density at radius 2 is 1.59 bits per heavy atom. The fraction of sp³-hybridized carbons (Fsp3) is 0.333. The molecule has 0 fully saturated rings. The minimum absolute atomic E-state index is 0.0977. The number of benzene rings is 2. The molecule has 1 amide bonds. The van der Waals surface area contributed by atoms with Crippen molar-refractivity contribution in [2.75, 3.05) is 6.61 Å². The predicted molar refractivity (Wildman–Crippen MR) is 99.5 cm³/mol. The molecule has 3 rings (SSSR count). The first-order valence-corrected chi connectivity index (χ1v) is 9.17. The lowest BCUT2D eigenvalue weighted by Crippen LogP contribution is -2.45. The molecule has 5 nitrogen and oxygen atoms in total. The zero-order valence-corrected chi connectivity index (χ0v) is 15.4. The number of alkyl halides is 3. The van der Waals surface area contributed by atoms with Crippen LogP contribution in [0.15, 0.2) is 48.5 Å². The number of carboxylic acid groups (broad SMARTS) is 1. The summed E-state index contributed by atoms with van der Waals surface area (Å²) in [5.41, 5.74) is 3.93. The van der Waals surface area contributed by atoms with Crippen molar-refractivity contribution < 1.29 is 32.6 Å². The van der Waals surface area contributed by atoms with E-state index in [4.69, 9.17) is 9.84 Å². The Balaban J connectivity index is 1.64. The SMILES string of the molecule is O=C(O)CCCC(NC(=O)OCC1c2ccccc2-c2ccccc21)C(F)(F)F. The minimum atomic E-state index is -4.69. The summed E-state index contributed by atoms with van der Waals surface area (Å²) in [7, 11) is 0. The molecular formula is C21H20F3NO4. The number of carboxylic acids is 1. The van der Waals surface area contributed by atoms with Crippen LogP contribution in [0.3, 0.4) is 0 Å². The maximum atomic E-state index is 13.1. The number of hydrogen-bond donors (Lipinski definition) is 2. The molecular weight excluding hydrogens is 387 g/mol. The van der Waals surface area contributed by atoms with Gasteiger partial charge in [-0.3, -0.25) is 4.79 Å². The summed E-state index contributed by atoms with van der Waals surface area (Å²) in [5.74, 6) is -1.45. The van der Waals surface area contributed by atoms with E-state index in [1.807, 2.05) is 53.8 Å². The number of carbonyl (C=O) groups excluding carboxylic acids is 1. The second-order valence-electron chi connectivity index (χ2n) is 6.85. The molecule has 0 aliphatic heterocycles. The van der Waals surface area contributed by atoms with E-state index in [-0.39, 0.29) is 18.9 Å². The van der Waals surface area contributed by atoms with Crippen LogP contribution in [0, 0.1) is 0 Å². The van der Waals surface area contributed by atoms with Crippen LogP contribution in [0.5, 0.6) is 0 Å². The normalized spacial score (nSPS) is 14.0. The second kappa shape index (κ2) is 8.55. The zero-order chi connectivity index (χ0) is 21.0. The van der Waals surface area contributed by atoms with Crippen molar-refractivity contribution in [2.45, 2.75) is 37.4 Å². The Kier molecular flexibility index (Phi) is 6.10. The molecule has 0 saturated heterocycles. The fourth-order valence-electron chi connectivity index (χ4n) is 3.56. The van der Waals surface area contributed by atoms with E-state index in [0.717, 1.165) is 22.3 Å². The van der Waals surface area contributed by atoms with E-state index in [1.165, 1.54) is 0 Å². The maximum Gasteiger partial charge on any atom is 0.408 e. The van der Waals surface area contributed by atoms with E-state index >= 15 is 0 Å². The van der Waals surface area contributed by atoms with Gasteiger partial charge in [0.25, 0.3) is 0 Å². The first kappa shape index (κ1) is 20.7. The van der Waals surface area contributed by atoms with Gasteiger partial charge in [-0.05, 0) is 35.1 Å². The molecule has 0 saturated carbocycles. The first-order valence-electron chi connectivity index (χ1n) is 9.17. The van der Waals surface area contributed by atoms with Crippen LogP contribution in [0.2, 0.25) is 0 Å². The van der Waals surface area contributed by atoms with Gasteiger partial charge in [0.1, 0.15) is 12.6 Å². The summed E-state index contributed by atoms with van der Waals surface area (Å²) in [4.78, 5) is 22.5. The predicted octanol–water partition coefficient (Wildman–Crippen LogP) is 4.71. The summed E-state index contributed by atoms with van der Waals surface area (Å²) < 4.78 is 44.5. The van der Waals surface area contributed by atoms with Gasteiger partial charge in [-0.15, -0.1) is 0 Å². The number of hydrogen-bond acceptors (Lipinski definition) is 3. The van der Waals surface area contributed by atoms with Gasteiger partial charge in [0.05, 0.1) is 0 Å². The average molecular weight is 407 g/mol. The quantitative estimate of drug-likeness (QED) is 0.697. The minimum Gasteiger partial charge on any atom is -0.481 e. The van der Waals surface area contributed by atoms with Gasteiger partial charge < -0.3 is 15.2 Å². The van der Waals surface area contributed by atoms with Crippen LogP contribution < -0.4 is 5.32 Å². The highest BCUT2D eigenvalue weighted by Crippen LogP contribution is 2.44. The Hall–Kier alpha value is -3.03. The van der Waals surface area contributed by atoms with E-state index in [1.54, 1.807) is 0 Å². The standard InChI is InChI=1S/C21H20F3NO4/c22-21(23,24)18(10-5-11-19(26)27)25-20(28)29-12-17-15-8-3-1-6-13(15)14-7-2-4-9-16(14)17/h1-4,6-9,17-18H,5,10-12H2,(H,25,28)(H,26,27). The molecule has 2 aromatic carbocycles. The molecule has 29 heavy (non-hydrogen) atoms. The van der Waals surface area contributed by atoms with Gasteiger partial charge >= 0.3 is 18.2 Å². The van der Waals surface area contributed by atoms with Crippen molar-refractivity contribution in [1.29, 1.82) is 0 Å². The van der Waals surface area contributed by atoms with E-state index in [0.29, 0.717) is 0 Å². The third-order valence-corrected chi connectivity index (χ3v) is 4.91. The highest BCUT2D eigenvalue weighted by atomic mass is 19.4. The van der Waals surface area contributed by atoms with Gasteiger partial charge in [0.2, 0.25) is 0 Å². The molecule has 0 radical (unpaired) electrons. The number of fused-ring (bicyclic) bond motifs is 3. The van der Waals surface area contributed by atoms with Crippen LogP contribution >= 0.6 is 0 Å². The summed E-state index contributed by atoms with van der Waals surface area (Å²) in [6, 6.07) is 13.1. The molecule has 2 N–H and O–H groups in total. The van der Waals surface area contributed by atoms with Gasteiger partial charge in [0.15, 0.2) is 0 Å². The van der Waals surface area contributed by atoms with E-state index in [2.05, 4.69) is 0 Å². The van der Waals surface area contributed by atoms with E-state index < -0.39 is 37.1 Å². The monoisotopic (exact) mass is 407 g/mol. The van der Waals surface area contributed by atoms with Crippen LogP contribution in [0.25, 0.3) is 11.1 Å².